The minimum absolute atomic E-state index is 0.0844. The SMILES string of the molecule is CC1(C)COC2(CCC(C(=O)O)CC2)c2c1n(-c1ccc(F)c(F)c1)c1cccc(O)c21. The number of aromatic hydroxyl groups is 1. The molecule has 1 saturated carbocycles. The number of phenolic OH excluding ortho intramolecular Hbond substituents is 1. The second-order valence-corrected chi connectivity index (χ2v) is 9.61. The third kappa shape index (κ3) is 2.94. The Kier molecular flexibility index (Phi) is 4.60. The third-order valence-electron chi connectivity index (χ3n) is 7.08. The van der Waals surface area contributed by atoms with Gasteiger partial charge in [0.2, 0.25) is 0 Å². The molecule has 0 saturated heterocycles. The fraction of sp³-hybridized carbons (Fsp3) is 0.400. The van der Waals surface area contributed by atoms with Gasteiger partial charge in [-0.3, -0.25) is 4.79 Å². The van der Waals surface area contributed by atoms with Gasteiger partial charge in [0.05, 0.1) is 23.6 Å². The lowest BCUT2D eigenvalue weighted by molar-refractivity contribution is -0.149. The van der Waals surface area contributed by atoms with Crippen LogP contribution in [0.4, 0.5) is 8.78 Å². The highest BCUT2D eigenvalue weighted by molar-refractivity contribution is 5.94. The molecule has 1 spiro atoms. The van der Waals surface area contributed by atoms with E-state index in [9.17, 15) is 23.8 Å². The van der Waals surface area contributed by atoms with Crippen LogP contribution in [-0.2, 0) is 20.5 Å². The van der Waals surface area contributed by atoms with E-state index in [1.54, 1.807) is 12.1 Å². The molecule has 0 atom stereocenters. The molecule has 0 amide bonds. The molecule has 1 aliphatic heterocycles. The van der Waals surface area contributed by atoms with Crippen LogP contribution in [0.15, 0.2) is 36.4 Å². The van der Waals surface area contributed by atoms with E-state index < -0.39 is 34.5 Å². The molecular formula is C25H25F2NO4. The van der Waals surface area contributed by atoms with Gasteiger partial charge in [0.15, 0.2) is 11.6 Å². The van der Waals surface area contributed by atoms with Gasteiger partial charge in [-0.15, -0.1) is 0 Å². The molecule has 0 radical (unpaired) electrons. The Morgan fingerprint density at radius 3 is 2.50 bits per heavy atom. The molecule has 1 aromatic heterocycles. The van der Waals surface area contributed by atoms with Crippen LogP contribution >= 0.6 is 0 Å². The summed E-state index contributed by atoms with van der Waals surface area (Å²) < 4.78 is 36.3. The number of halogens is 2. The second kappa shape index (κ2) is 7.04. The number of ether oxygens (including phenoxy) is 1. The maximum atomic E-state index is 14.2. The van der Waals surface area contributed by atoms with Crippen molar-refractivity contribution in [3.05, 3.63) is 59.3 Å². The topological polar surface area (TPSA) is 71.7 Å². The van der Waals surface area contributed by atoms with Crippen LogP contribution < -0.4 is 0 Å². The Morgan fingerprint density at radius 1 is 1.12 bits per heavy atom. The average Bonchev–Trinajstić information content (AvgIpc) is 3.12. The lowest BCUT2D eigenvalue weighted by Crippen LogP contribution is -2.46. The second-order valence-electron chi connectivity index (χ2n) is 9.61. The summed E-state index contributed by atoms with van der Waals surface area (Å²) in [6.45, 7) is 4.43. The number of hydrogen-bond donors (Lipinski definition) is 2. The molecule has 5 rings (SSSR count). The largest absolute Gasteiger partial charge is 0.507 e. The monoisotopic (exact) mass is 441 g/mol. The van der Waals surface area contributed by atoms with E-state index in [4.69, 9.17) is 4.74 Å². The summed E-state index contributed by atoms with van der Waals surface area (Å²) >= 11 is 0. The number of rotatable bonds is 2. The molecule has 2 aliphatic rings. The van der Waals surface area contributed by atoms with Crippen LogP contribution in [0.3, 0.4) is 0 Å². The molecule has 3 aromatic rings. The van der Waals surface area contributed by atoms with Gasteiger partial charge in [0, 0.05) is 33.8 Å². The normalized spacial score (nSPS) is 24.6. The van der Waals surface area contributed by atoms with E-state index in [-0.39, 0.29) is 5.75 Å². The van der Waals surface area contributed by atoms with Crippen molar-refractivity contribution in [1.29, 1.82) is 0 Å². The Labute approximate surface area is 184 Å². The van der Waals surface area contributed by atoms with Crippen molar-refractivity contribution in [2.75, 3.05) is 6.61 Å². The average molecular weight is 441 g/mol. The van der Waals surface area contributed by atoms with Crippen molar-refractivity contribution in [2.24, 2.45) is 5.92 Å². The first-order chi connectivity index (χ1) is 15.1. The fourth-order valence-electron chi connectivity index (χ4n) is 5.48. The Morgan fingerprint density at radius 2 is 1.84 bits per heavy atom. The van der Waals surface area contributed by atoms with Crippen LogP contribution in [-0.4, -0.2) is 27.4 Å². The quantitative estimate of drug-likeness (QED) is 0.559. The summed E-state index contributed by atoms with van der Waals surface area (Å²) in [5.41, 5.74) is 1.62. The maximum absolute atomic E-state index is 14.2. The first-order valence-corrected chi connectivity index (χ1v) is 10.8. The van der Waals surface area contributed by atoms with Crippen molar-refractivity contribution in [3.8, 4) is 11.4 Å². The Balaban J connectivity index is 1.82. The van der Waals surface area contributed by atoms with E-state index in [1.165, 1.54) is 12.1 Å². The molecule has 32 heavy (non-hydrogen) atoms. The number of benzene rings is 2. The van der Waals surface area contributed by atoms with Crippen LogP contribution in [0.5, 0.6) is 5.75 Å². The lowest BCUT2D eigenvalue weighted by Gasteiger charge is -2.47. The van der Waals surface area contributed by atoms with Crippen LogP contribution in [0.1, 0.15) is 50.8 Å². The zero-order valence-electron chi connectivity index (χ0n) is 18.0. The number of hydrogen-bond acceptors (Lipinski definition) is 3. The number of aliphatic carboxylic acids is 1. The van der Waals surface area contributed by atoms with E-state index >= 15 is 0 Å². The molecule has 2 aromatic carbocycles. The Hall–Kier alpha value is -2.93. The van der Waals surface area contributed by atoms with Gasteiger partial charge in [-0.05, 0) is 49.9 Å². The number of fused-ring (bicyclic) bond motifs is 4. The number of nitrogens with zero attached hydrogens (tertiary/aromatic N) is 1. The molecule has 5 nitrogen and oxygen atoms in total. The van der Waals surface area contributed by atoms with Crippen LogP contribution in [0.2, 0.25) is 0 Å². The van der Waals surface area contributed by atoms with Gasteiger partial charge < -0.3 is 19.5 Å². The van der Waals surface area contributed by atoms with Gasteiger partial charge in [0.1, 0.15) is 5.75 Å². The molecule has 1 aliphatic carbocycles. The highest BCUT2D eigenvalue weighted by Gasteiger charge is 2.50. The lowest BCUT2D eigenvalue weighted by atomic mass is 9.69. The van der Waals surface area contributed by atoms with E-state index in [0.717, 1.165) is 17.3 Å². The first kappa shape index (κ1) is 20.9. The van der Waals surface area contributed by atoms with Crippen molar-refractivity contribution in [2.45, 2.75) is 50.5 Å². The zero-order valence-corrected chi connectivity index (χ0v) is 18.0. The van der Waals surface area contributed by atoms with Gasteiger partial charge in [-0.1, -0.05) is 19.9 Å². The van der Waals surface area contributed by atoms with Crippen molar-refractivity contribution >= 4 is 16.9 Å². The van der Waals surface area contributed by atoms with Gasteiger partial charge in [0.25, 0.3) is 0 Å². The number of carboxylic acid groups (broad SMARTS) is 1. The molecule has 0 unspecified atom stereocenters. The van der Waals surface area contributed by atoms with Crippen molar-refractivity contribution in [1.82, 2.24) is 4.57 Å². The molecule has 2 heterocycles. The van der Waals surface area contributed by atoms with Crippen molar-refractivity contribution < 1.29 is 28.5 Å². The third-order valence-corrected chi connectivity index (χ3v) is 7.08. The number of aromatic nitrogens is 1. The molecular weight excluding hydrogens is 416 g/mol. The summed E-state index contributed by atoms with van der Waals surface area (Å²) in [5, 5.41) is 21.0. The highest BCUT2D eigenvalue weighted by atomic mass is 19.2. The van der Waals surface area contributed by atoms with Gasteiger partial charge >= 0.3 is 5.97 Å². The summed E-state index contributed by atoms with van der Waals surface area (Å²) in [6, 6.07) is 8.98. The van der Waals surface area contributed by atoms with Crippen molar-refractivity contribution in [3.63, 3.8) is 0 Å². The minimum atomic E-state index is -0.945. The summed E-state index contributed by atoms with van der Waals surface area (Å²) in [6.07, 6.45) is 1.97. The van der Waals surface area contributed by atoms with E-state index in [0.29, 0.717) is 48.9 Å². The van der Waals surface area contributed by atoms with Gasteiger partial charge in [-0.25, -0.2) is 8.78 Å². The maximum Gasteiger partial charge on any atom is 0.306 e. The summed E-state index contributed by atoms with van der Waals surface area (Å²) in [7, 11) is 0. The number of carboxylic acids is 1. The molecule has 2 N–H and O–H groups in total. The fourth-order valence-corrected chi connectivity index (χ4v) is 5.48. The minimum Gasteiger partial charge on any atom is -0.507 e. The first-order valence-electron chi connectivity index (χ1n) is 10.8. The summed E-state index contributed by atoms with van der Waals surface area (Å²) in [5.74, 6) is -3.01. The molecule has 0 bridgehead atoms. The van der Waals surface area contributed by atoms with E-state index in [1.807, 2.05) is 24.5 Å². The predicted octanol–water partition coefficient (Wildman–Crippen LogP) is 5.39. The highest BCUT2D eigenvalue weighted by Crippen LogP contribution is 2.55. The smallest absolute Gasteiger partial charge is 0.306 e. The molecule has 168 valence electrons. The van der Waals surface area contributed by atoms with E-state index in [2.05, 4.69) is 0 Å². The standard InChI is InChI=1S/C25H25F2NO4/c1-24(2)13-32-25(10-8-14(9-11-25)23(30)31)21-20-18(4-3-5-19(20)29)28(22(21)24)15-6-7-16(26)17(27)12-15/h3-7,12,14,29H,8-11,13H2,1-2H3,(H,30,31). The molecule has 1 fully saturated rings. The number of phenols is 1. The van der Waals surface area contributed by atoms with Crippen LogP contribution in [0.25, 0.3) is 16.6 Å². The zero-order chi connectivity index (χ0) is 22.8. The van der Waals surface area contributed by atoms with Gasteiger partial charge in [-0.2, -0.15) is 0 Å². The Bertz CT molecular complexity index is 1240. The van der Waals surface area contributed by atoms with Crippen LogP contribution in [0, 0.1) is 17.6 Å². The molecule has 7 heteroatoms. The summed E-state index contributed by atoms with van der Waals surface area (Å²) in [4.78, 5) is 11.5. The number of carbonyl (C=O) groups is 1. The predicted molar refractivity (Wildman–Crippen MR) is 115 cm³/mol.